The molecule has 12 heavy (non-hydrogen) atoms. The van der Waals surface area contributed by atoms with Crippen LogP contribution in [-0.4, -0.2) is 15.0 Å². The fourth-order valence-corrected chi connectivity index (χ4v) is 1.22. The predicted molar refractivity (Wildman–Crippen MR) is 45.2 cm³/mol. The maximum atomic E-state index is 11.2. The smallest absolute Gasteiger partial charge is 0.260 e. The van der Waals surface area contributed by atoms with E-state index < -0.39 is 0 Å². The standard InChI is InChI=1S/C7H4ClN3O/c8-4-1-9-2-5-6(4)7(12)11-3-10-5/h1-3H,(H,10,11,12). The van der Waals surface area contributed by atoms with Crippen LogP contribution >= 0.6 is 11.6 Å². The maximum Gasteiger partial charge on any atom is 0.260 e. The minimum atomic E-state index is -0.243. The van der Waals surface area contributed by atoms with Gasteiger partial charge in [-0.2, -0.15) is 0 Å². The second kappa shape index (κ2) is 2.57. The van der Waals surface area contributed by atoms with Crippen LogP contribution in [-0.2, 0) is 0 Å². The third-order valence-electron chi connectivity index (χ3n) is 1.51. The van der Waals surface area contributed by atoms with E-state index in [2.05, 4.69) is 15.0 Å². The van der Waals surface area contributed by atoms with Gasteiger partial charge >= 0.3 is 0 Å². The topological polar surface area (TPSA) is 58.6 Å². The Morgan fingerprint density at radius 2 is 2.25 bits per heavy atom. The van der Waals surface area contributed by atoms with Gasteiger partial charge in [0.1, 0.15) is 0 Å². The van der Waals surface area contributed by atoms with Crippen molar-refractivity contribution < 1.29 is 0 Å². The lowest BCUT2D eigenvalue weighted by atomic mass is 10.3. The molecule has 0 aliphatic heterocycles. The molecule has 0 radical (unpaired) electrons. The Labute approximate surface area is 72.2 Å². The molecular weight excluding hydrogens is 178 g/mol. The highest BCUT2D eigenvalue weighted by molar-refractivity contribution is 6.35. The summed E-state index contributed by atoms with van der Waals surface area (Å²) in [6, 6.07) is 0. The molecule has 0 aliphatic rings. The maximum absolute atomic E-state index is 11.2. The van der Waals surface area contributed by atoms with Crippen molar-refractivity contribution in [3.05, 3.63) is 34.1 Å². The van der Waals surface area contributed by atoms with E-state index in [1.807, 2.05) is 0 Å². The molecule has 0 fully saturated rings. The molecule has 2 aromatic rings. The van der Waals surface area contributed by atoms with Gasteiger partial charge in [0.2, 0.25) is 0 Å². The highest BCUT2D eigenvalue weighted by Gasteiger charge is 2.02. The molecule has 1 N–H and O–H groups in total. The van der Waals surface area contributed by atoms with Crippen LogP contribution in [0.5, 0.6) is 0 Å². The molecular formula is C7H4ClN3O. The van der Waals surface area contributed by atoms with Gasteiger partial charge in [0.05, 0.1) is 28.4 Å². The number of nitrogens with one attached hydrogen (secondary N) is 1. The van der Waals surface area contributed by atoms with Crippen LogP contribution in [0.3, 0.4) is 0 Å². The number of halogens is 1. The first kappa shape index (κ1) is 7.24. The number of H-pyrrole nitrogens is 1. The molecule has 2 rings (SSSR count). The number of pyridine rings is 1. The fourth-order valence-electron chi connectivity index (χ4n) is 0.980. The van der Waals surface area contributed by atoms with Crippen molar-refractivity contribution in [3.63, 3.8) is 0 Å². The fraction of sp³-hybridized carbons (Fsp3) is 0. The third kappa shape index (κ3) is 0.967. The van der Waals surface area contributed by atoms with Crippen molar-refractivity contribution in [2.45, 2.75) is 0 Å². The Morgan fingerprint density at radius 3 is 3.00 bits per heavy atom. The van der Waals surface area contributed by atoms with E-state index in [0.717, 1.165) is 0 Å². The van der Waals surface area contributed by atoms with Gasteiger partial charge in [-0.25, -0.2) is 4.98 Å². The Kier molecular flexibility index (Phi) is 1.55. The molecule has 2 heterocycles. The van der Waals surface area contributed by atoms with E-state index >= 15 is 0 Å². The zero-order valence-electron chi connectivity index (χ0n) is 5.91. The van der Waals surface area contributed by atoms with Gasteiger partial charge in [-0.05, 0) is 0 Å². The quantitative estimate of drug-likeness (QED) is 0.659. The minimum absolute atomic E-state index is 0.243. The number of aromatic nitrogens is 3. The van der Waals surface area contributed by atoms with Gasteiger partial charge in [-0.15, -0.1) is 0 Å². The van der Waals surface area contributed by atoms with Crippen molar-refractivity contribution in [3.8, 4) is 0 Å². The molecule has 5 heteroatoms. The van der Waals surface area contributed by atoms with Gasteiger partial charge in [0.15, 0.2) is 0 Å². The summed E-state index contributed by atoms with van der Waals surface area (Å²) in [4.78, 5) is 21.3. The molecule has 0 bridgehead atoms. The first-order valence-corrected chi connectivity index (χ1v) is 3.64. The number of hydrogen-bond donors (Lipinski definition) is 1. The highest BCUT2D eigenvalue weighted by atomic mass is 35.5. The first-order valence-electron chi connectivity index (χ1n) is 3.26. The number of hydrogen-bond acceptors (Lipinski definition) is 3. The molecule has 0 unspecified atom stereocenters. The Bertz CT molecular complexity index is 474. The molecule has 0 aromatic carbocycles. The molecule has 60 valence electrons. The van der Waals surface area contributed by atoms with E-state index in [1.165, 1.54) is 18.7 Å². The number of aromatic amines is 1. The Balaban J connectivity index is 3.07. The van der Waals surface area contributed by atoms with Gasteiger partial charge in [-0.3, -0.25) is 9.78 Å². The SMILES string of the molecule is O=c1[nH]cnc2cncc(Cl)c12. The van der Waals surface area contributed by atoms with Crippen molar-refractivity contribution in [2.75, 3.05) is 0 Å². The predicted octanol–water partition coefficient (Wildman–Crippen LogP) is 0.972. The Morgan fingerprint density at radius 1 is 1.42 bits per heavy atom. The second-order valence-corrected chi connectivity index (χ2v) is 2.65. The van der Waals surface area contributed by atoms with E-state index in [9.17, 15) is 4.79 Å². The molecule has 0 saturated carbocycles. The van der Waals surface area contributed by atoms with Crippen LogP contribution in [0.25, 0.3) is 10.9 Å². The van der Waals surface area contributed by atoms with Crippen LogP contribution in [0, 0.1) is 0 Å². The lowest BCUT2D eigenvalue weighted by Gasteiger charge is -1.94. The average Bonchev–Trinajstić information content (AvgIpc) is 2.04. The summed E-state index contributed by atoms with van der Waals surface area (Å²) in [5, 5.41) is 0.705. The Hall–Kier alpha value is -1.42. The lowest BCUT2D eigenvalue weighted by Crippen LogP contribution is -2.06. The third-order valence-corrected chi connectivity index (χ3v) is 1.79. The van der Waals surface area contributed by atoms with E-state index in [1.54, 1.807) is 0 Å². The van der Waals surface area contributed by atoms with E-state index in [4.69, 9.17) is 11.6 Å². The van der Waals surface area contributed by atoms with Gasteiger partial charge in [-0.1, -0.05) is 11.6 Å². The largest absolute Gasteiger partial charge is 0.313 e. The molecule has 0 atom stereocenters. The normalized spacial score (nSPS) is 10.4. The number of nitrogens with zero attached hydrogens (tertiary/aromatic N) is 2. The van der Waals surface area contributed by atoms with Crippen LogP contribution in [0.1, 0.15) is 0 Å². The zero-order valence-corrected chi connectivity index (χ0v) is 6.67. The van der Waals surface area contributed by atoms with Crippen molar-refractivity contribution >= 4 is 22.5 Å². The monoisotopic (exact) mass is 181 g/mol. The van der Waals surface area contributed by atoms with Gasteiger partial charge < -0.3 is 4.98 Å². The minimum Gasteiger partial charge on any atom is -0.313 e. The summed E-state index contributed by atoms with van der Waals surface area (Å²) >= 11 is 5.74. The lowest BCUT2D eigenvalue weighted by molar-refractivity contribution is 1.16. The summed E-state index contributed by atoms with van der Waals surface area (Å²) in [5.74, 6) is 0. The van der Waals surface area contributed by atoms with Gasteiger partial charge in [0, 0.05) is 6.20 Å². The van der Waals surface area contributed by atoms with Crippen molar-refractivity contribution in [2.24, 2.45) is 0 Å². The second-order valence-electron chi connectivity index (χ2n) is 2.25. The summed E-state index contributed by atoms with van der Waals surface area (Å²) in [6.45, 7) is 0. The zero-order chi connectivity index (χ0) is 8.55. The van der Waals surface area contributed by atoms with Crippen LogP contribution in [0.15, 0.2) is 23.5 Å². The van der Waals surface area contributed by atoms with E-state index in [0.29, 0.717) is 15.9 Å². The van der Waals surface area contributed by atoms with Crippen molar-refractivity contribution in [1.82, 2.24) is 15.0 Å². The summed E-state index contributed by atoms with van der Waals surface area (Å²) in [5.41, 5.74) is 0.263. The summed E-state index contributed by atoms with van der Waals surface area (Å²) in [7, 11) is 0. The molecule has 0 amide bonds. The van der Waals surface area contributed by atoms with E-state index in [-0.39, 0.29) is 5.56 Å². The number of fused-ring (bicyclic) bond motifs is 1. The van der Waals surface area contributed by atoms with Crippen LogP contribution < -0.4 is 5.56 Å². The molecule has 4 nitrogen and oxygen atoms in total. The highest BCUT2D eigenvalue weighted by Crippen LogP contribution is 2.14. The molecule has 0 spiro atoms. The van der Waals surface area contributed by atoms with Crippen LogP contribution in [0.2, 0.25) is 5.02 Å². The van der Waals surface area contributed by atoms with Gasteiger partial charge in [0.25, 0.3) is 5.56 Å². The summed E-state index contributed by atoms with van der Waals surface area (Å²) in [6.07, 6.45) is 4.24. The molecule has 0 aliphatic carbocycles. The average molecular weight is 182 g/mol. The molecule has 0 saturated heterocycles. The van der Waals surface area contributed by atoms with Crippen molar-refractivity contribution in [1.29, 1.82) is 0 Å². The van der Waals surface area contributed by atoms with Crippen LogP contribution in [0.4, 0.5) is 0 Å². The number of rotatable bonds is 0. The summed E-state index contributed by atoms with van der Waals surface area (Å²) < 4.78 is 0. The molecule has 2 aromatic heterocycles. The first-order chi connectivity index (χ1) is 5.79.